The molecule has 1 aliphatic rings. The van der Waals surface area contributed by atoms with Gasteiger partial charge in [-0.05, 0) is 55.3 Å². The number of halogens is 1. The van der Waals surface area contributed by atoms with Crippen molar-refractivity contribution in [3.63, 3.8) is 0 Å². The molecule has 9 nitrogen and oxygen atoms in total. The Morgan fingerprint density at radius 1 is 1.06 bits per heavy atom. The second-order valence-electron chi connectivity index (χ2n) is 7.62. The minimum absolute atomic E-state index is 0.0244. The van der Waals surface area contributed by atoms with E-state index < -0.39 is 26.2 Å². The number of hydrogen-bond donors (Lipinski definition) is 2. The Bertz CT molecular complexity index is 1180. The summed E-state index contributed by atoms with van der Waals surface area (Å²) in [5.74, 6) is -0.803. The van der Waals surface area contributed by atoms with E-state index in [2.05, 4.69) is 10.0 Å². The van der Waals surface area contributed by atoms with Crippen molar-refractivity contribution in [1.82, 2.24) is 8.61 Å². The van der Waals surface area contributed by atoms with E-state index in [1.165, 1.54) is 48.7 Å². The highest BCUT2D eigenvalue weighted by molar-refractivity contribution is 7.92. The largest absolute Gasteiger partial charge is 0.326 e. The number of benzene rings is 2. The summed E-state index contributed by atoms with van der Waals surface area (Å²) in [6.45, 7) is 0.471. The molecule has 0 bridgehead atoms. The first-order chi connectivity index (χ1) is 15.0. The van der Waals surface area contributed by atoms with Crippen LogP contribution in [0, 0.1) is 5.92 Å². The quantitative estimate of drug-likeness (QED) is 0.606. The molecular formula is C20H25ClN4O5S2. The molecule has 0 radical (unpaired) electrons. The van der Waals surface area contributed by atoms with E-state index in [1.54, 1.807) is 18.2 Å². The van der Waals surface area contributed by atoms with Crippen LogP contribution >= 0.6 is 11.6 Å². The molecule has 0 saturated carbocycles. The lowest BCUT2D eigenvalue weighted by atomic mass is 9.99. The van der Waals surface area contributed by atoms with Gasteiger partial charge in [-0.3, -0.25) is 9.52 Å². The third-order valence-electron chi connectivity index (χ3n) is 5.05. The van der Waals surface area contributed by atoms with Gasteiger partial charge in [0.2, 0.25) is 5.91 Å². The number of rotatable bonds is 7. The van der Waals surface area contributed by atoms with Gasteiger partial charge in [0.05, 0.1) is 16.5 Å². The standard InChI is InChI=1S/C20H25ClN4O5S2/c1-24(2)32(29,30)25-12-4-5-15(14-25)20(26)22-17-8-10-19(11-9-17)31(27,28)23-18-7-3-6-16(21)13-18/h3,6-11,13,15,23H,4-5,12,14H2,1-2H3,(H,22,26)/t15-/m1/s1. The maximum atomic E-state index is 12.7. The molecule has 1 atom stereocenters. The number of piperidine rings is 1. The fourth-order valence-electron chi connectivity index (χ4n) is 3.32. The molecule has 2 aromatic carbocycles. The topological polar surface area (TPSA) is 116 Å². The highest BCUT2D eigenvalue weighted by Crippen LogP contribution is 2.23. The van der Waals surface area contributed by atoms with Crippen LogP contribution in [0.15, 0.2) is 53.4 Å². The summed E-state index contributed by atoms with van der Waals surface area (Å²) in [7, 11) is -4.50. The Balaban J connectivity index is 1.65. The predicted octanol–water partition coefficient (Wildman–Crippen LogP) is 2.60. The molecule has 0 aliphatic carbocycles. The zero-order valence-electron chi connectivity index (χ0n) is 17.7. The van der Waals surface area contributed by atoms with Gasteiger partial charge in [-0.2, -0.15) is 17.0 Å². The van der Waals surface area contributed by atoms with Gasteiger partial charge in [0.25, 0.3) is 20.2 Å². The van der Waals surface area contributed by atoms with Crippen LogP contribution in [-0.4, -0.2) is 58.5 Å². The second kappa shape index (κ2) is 9.75. The monoisotopic (exact) mass is 500 g/mol. The van der Waals surface area contributed by atoms with Crippen LogP contribution in [0.3, 0.4) is 0 Å². The average Bonchev–Trinajstić information content (AvgIpc) is 2.74. The summed E-state index contributed by atoms with van der Waals surface area (Å²) >= 11 is 5.89. The van der Waals surface area contributed by atoms with Gasteiger partial charge in [-0.1, -0.05) is 17.7 Å². The van der Waals surface area contributed by atoms with Gasteiger partial charge >= 0.3 is 0 Å². The maximum Gasteiger partial charge on any atom is 0.281 e. The minimum Gasteiger partial charge on any atom is -0.326 e. The van der Waals surface area contributed by atoms with Crippen molar-refractivity contribution in [3.05, 3.63) is 53.6 Å². The first kappa shape index (κ1) is 24.5. The summed E-state index contributed by atoms with van der Waals surface area (Å²) in [5, 5.41) is 3.15. The molecule has 1 heterocycles. The Morgan fingerprint density at radius 2 is 1.75 bits per heavy atom. The number of nitrogens with zero attached hydrogens (tertiary/aromatic N) is 2. The molecule has 1 amide bonds. The molecule has 12 heteroatoms. The Labute approximate surface area is 193 Å². The van der Waals surface area contributed by atoms with Crippen molar-refractivity contribution in [1.29, 1.82) is 0 Å². The first-order valence-electron chi connectivity index (χ1n) is 9.86. The van der Waals surface area contributed by atoms with Gasteiger partial charge < -0.3 is 5.32 Å². The van der Waals surface area contributed by atoms with E-state index in [0.717, 1.165) is 4.31 Å². The van der Waals surface area contributed by atoms with Gasteiger partial charge in [0.15, 0.2) is 0 Å². The lowest BCUT2D eigenvalue weighted by Gasteiger charge is -2.32. The van der Waals surface area contributed by atoms with Crippen molar-refractivity contribution < 1.29 is 21.6 Å². The summed E-state index contributed by atoms with van der Waals surface area (Å²) < 4.78 is 54.7. The minimum atomic E-state index is -3.83. The molecule has 32 heavy (non-hydrogen) atoms. The van der Waals surface area contributed by atoms with E-state index in [9.17, 15) is 21.6 Å². The van der Waals surface area contributed by atoms with Crippen LogP contribution in [0.2, 0.25) is 5.02 Å². The average molecular weight is 501 g/mol. The first-order valence-corrected chi connectivity index (χ1v) is 13.1. The van der Waals surface area contributed by atoms with Crippen LogP contribution < -0.4 is 10.0 Å². The van der Waals surface area contributed by atoms with Crippen molar-refractivity contribution >= 4 is 49.1 Å². The van der Waals surface area contributed by atoms with Gasteiger partial charge in [-0.15, -0.1) is 0 Å². The third kappa shape index (κ3) is 5.78. The molecule has 2 aromatic rings. The molecule has 2 N–H and O–H groups in total. The molecular weight excluding hydrogens is 476 g/mol. The summed E-state index contributed by atoms with van der Waals surface area (Å²) in [4.78, 5) is 12.7. The van der Waals surface area contributed by atoms with Crippen LogP contribution in [0.4, 0.5) is 11.4 Å². The highest BCUT2D eigenvalue weighted by atomic mass is 35.5. The predicted molar refractivity (Wildman–Crippen MR) is 124 cm³/mol. The Morgan fingerprint density at radius 3 is 2.38 bits per heavy atom. The number of carbonyl (C=O) groups is 1. The number of nitrogens with one attached hydrogen (secondary N) is 2. The maximum absolute atomic E-state index is 12.7. The number of anilines is 2. The normalized spacial score (nSPS) is 17.8. The fraction of sp³-hybridized carbons (Fsp3) is 0.350. The SMILES string of the molecule is CN(C)S(=O)(=O)N1CCC[C@@H](C(=O)Nc2ccc(S(=O)(=O)Nc3cccc(Cl)c3)cc2)C1. The molecule has 0 aromatic heterocycles. The van der Waals surface area contributed by atoms with Crippen LogP contribution in [0.25, 0.3) is 0 Å². The Kier molecular flexibility index (Phi) is 7.46. The lowest BCUT2D eigenvalue weighted by Crippen LogP contribution is -2.47. The molecule has 0 unspecified atom stereocenters. The number of sulfonamides is 1. The van der Waals surface area contributed by atoms with E-state index in [-0.39, 0.29) is 17.3 Å². The summed E-state index contributed by atoms with van der Waals surface area (Å²) in [6.07, 6.45) is 1.15. The molecule has 1 aliphatic heterocycles. The zero-order valence-corrected chi connectivity index (χ0v) is 20.0. The third-order valence-corrected chi connectivity index (χ3v) is 8.59. The second-order valence-corrected chi connectivity index (χ2v) is 11.9. The van der Waals surface area contributed by atoms with Crippen LogP contribution in [0.1, 0.15) is 12.8 Å². The van der Waals surface area contributed by atoms with E-state index in [4.69, 9.17) is 11.6 Å². The van der Waals surface area contributed by atoms with Crippen molar-refractivity contribution in [2.24, 2.45) is 5.92 Å². The number of hydrogen-bond acceptors (Lipinski definition) is 5. The summed E-state index contributed by atoms with van der Waals surface area (Å²) in [6, 6.07) is 12.1. The van der Waals surface area contributed by atoms with E-state index >= 15 is 0 Å². The zero-order chi connectivity index (χ0) is 23.5. The summed E-state index contributed by atoms with van der Waals surface area (Å²) in [5.41, 5.74) is 0.758. The van der Waals surface area contributed by atoms with Gasteiger partial charge in [-0.25, -0.2) is 8.42 Å². The fourth-order valence-corrected chi connectivity index (χ4v) is 5.75. The molecule has 1 fully saturated rings. The molecule has 1 saturated heterocycles. The Hall–Kier alpha value is -2.18. The highest BCUT2D eigenvalue weighted by Gasteiger charge is 2.33. The van der Waals surface area contributed by atoms with Gasteiger partial charge in [0, 0.05) is 37.9 Å². The smallest absolute Gasteiger partial charge is 0.281 e. The molecule has 0 spiro atoms. The number of carbonyl (C=O) groups excluding carboxylic acids is 1. The van der Waals surface area contributed by atoms with Gasteiger partial charge in [0.1, 0.15) is 0 Å². The van der Waals surface area contributed by atoms with Crippen LogP contribution in [-0.2, 0) is 25.0 Å². The molecule has 174 valence electrons. The molecule has 3 rings (SSSR count). The van der Waals surface area contributed by atoms with E-state index in [1.807, 2.05) is 0 Å². The van der Waals surface area contributed by atoms with Crippen molar-refractivity contribution in [2.75, 3.05) is 37.2 Å². The van der Waals surface area contributed by atoms with Crippen LogP contribution in [0.5, 0.6) is 0 Å². The van der Waals surface area contributed by atoms with Crippen molar-refractivity contribution in [3.8, 4) is 0 Å². The van der Waals surface area contributed by atoms with Crippen molar-refractivity contribution in [2.45, 2.75) is 17.7 Å². The van der Waals surface area contributed by atoms with E-state index in [0.29, 0.717) is 35.8 Å². The number of amides is 1. The lowest BCUT2D eigenvalue weighted by molar-refractivity contribution is -0.120.